The number of carbonyl (C=O) groups excluding carboxylic acids is 2. The van der Waals surface area contributed by atoms with E-state index >= 15 is 0 Å². The van der Waals surface area contributed by atoms with Gasteiger partial charge in [-0.1, -0.05) is 32.9 Å². The molecule has 0 aliphatic heterocycles. The van der Waals surface area contributed by atoms with E-state index in [1.807, 2.05) is 52.0 Å². The molecule has 0 aliphatic carbocycles. The van der Waals surface area contributed by atoms with Crippen LogP contribution in [0.2, 0.25) is 0 Å². The van der Waals surface area contributed by atoms with Crippen molar-refractivity contribution in [1.29, 1.82) is 0 Å². The van der Waals surface area contributed by atoms with Crippen molar-refractivity contribution in [2.24, 2.45) is 5.92 Å². The lowest BCUT2D eigenvalue weighted by Crippen LogP contribution is -2.17. The number of esters is 1. The molecule has 3 nitrogen and oxygen atoms in total. The van der Waals surface area contributed by atoms with E-state index in [0.717, 1.165) is 16.9 Å². The summed E-state index contributed by atoms with van der Waals surface area (Å²) in [6, 6.07) is 7.44. The summed E-state index contributed by atoms with van der Waals surface area (Å²) in [6.07, 6.45) is 1.39. The number of ketones is 1. The molecular weight excluding hydrogens is 284 g/mol. The van der Waals surface area contributed by atoms with Gasteiger partial charge in [-0.2, -0.15) is 0 Å². The maximum atomic E-state index is 11.9. The first-order valence-corrected chi connectivity index (χ1v) is 8.28. The monoisotopic (exact) mass is 308 g/mol. The van der Waals surface area contributed by atoms with E-state index in [-0.39, 0.29) is 17.0 Å². The van der Waals surface area contributed by atoms with Crippen LogP contribution in [-0.4, -0.2) is 23.6 Å². The van der Waals surface area contributed by atoms with E-state index in [1.54, 1.807) is 0 Å². The zero-order chi connectivity index (χ0) is 15.8. The van der Waals surface area contributed by atoms with Gasteiger partial charge in [-0.05, 0) is 31.4 Å². The van der Waals surface area contributed by atoms with Crippen LogP contribution in [0.25, 0.3) is 0 Å². The minimum absolute atomic E-state index is 0.164. The normalized spacial score (nSPS) is 12.2. The molecule has 0 heterocycles. The van der Waals surface area contributed by atoms with Crippen molar-refractivity contribution in [2.45, 2.75) is 50.7 Å². The number of carbonyl (C=O) groups is 2. The van der Waals surface area contributed by atoms with Gasteiger partial charge in [0.15, 0.2) is 5.78 Å². The first-order valence-electron chi connectivity index (χ1n) is 7.40. The summed E-state index contributed by atoms with van der Waals surface area (Å²) in [6.45, 7) is 8.34. The highest BCUT2D eigenvalue weighted by atomic mass is 32.2. The quantitative estimate of drug-likeness (QED) is 0.407. The Hall–Kier alpha value is -1.29. The van der Waals surface area contributed by atoms with Crippen molar-refractivity contribution in [3.8, 4) is 0 Å². The Labute approximate surface area is 131 Å². The van der Waals surface area contributed by atoms with Crippen LogP contribution in [0.4, 0.5) is 0 Å². The molecule has 0 fully saturated rings. The fourth-order valence-corrected chi connectivity index (χ4v) is 2.65. The van der Waals surface area contributed by atoms with Gasteiger partial charge in [0.05, 0.1) is 6.61 Å². The molecule has 0 amide bonds. The van der Waals surface area contributed by atoms with Gasteiger partial charge < -0.3 is 4.74 Å². The fourth-order valence-electron chi connectivity index (χ4n) is 1.78. The number of thioether (sulfide) groups is 1. The number of Topliss-reactive ketones (excluding diaryl/α,β-unsaturated/α-hetero) is 1. The largest absolute Gasteiger partial charge is 0.465 e. The number of ether oxygens (including phenoxy) is 1. The first kappa shape index (κ1) is 17.8. The summed E-state index contributed by atoms with van der Waals surface area (Å²) in [5.41, 5.74) is 0.731. The van der Waals surface area contributed by atoms with Gasteiger partial charge in [0, 0.05) is 16.9 Å². The van der Waals surface area contributed by atoms with Crippen molar-refractivity contribution in [3.05, 3.63) is 29.8 Å². The number of benzene rings is 1. The van der Waals surface area contributed by atoms with E-state index in [1.165, 1.54) is 11.8 Å². The zero-order valence-electron chi connectivity index (χ0n) is 13.2. The highest BCUT2D eigenvalue weighted by molar-refractivity contribution is 8.00. The van der Waals surface area contributed by atoms with Crippen molar-refractivity contribution >= 4 is 23.5 Å². The fraction of sp³-hybridized carbons (Fsp3) is 0.529. The van der Waals surface area contributed by atoms with Crippen molar-refractivity contribution < 1.29 is 14.3 Å². The Balaban J connectivity index is 2.58. The molecule has 0 spiro atoms. The van der Waals surface area contributed by atoms with Crippen LogP contribution < -0.4 is 0 Å². The number of hydrogen-bond donors (Lipinski definition) is 0. The van der Waals surface area contributed by atoms with Crippen LogP contribution >= 0.6 is 11.8 Å². The summed E-state index contributed by atoms with van der Waals surface area (Å²) < 4.78 is 5.12. The molecule has 21 heavy (non-hydrogen) atoms. The van der Waals surface area contributed by atoms with E-state index in [0.29, 0.717) is 18.9 Å². The van der Waals surface area contributed by atoms with E-state index < -0.39 is 0 Å². The lowest BCUT2D eigenvalue weighted by molar-refractivity contribution is -0.142. The topological polar surface area (TPSA) is 43.4 Å². The van der Waals surface area contributed by atoms with Crippen LogP contribution in [0, 0.1) is 5.92 Å². The Bertz CT molecular complexity index is 465. The molecule has 0 saturated carbocycles. The highest BCUT2D eigenvalue weighted by Crippen LogP contribution is 2.25. The third kappa shape index (κ3) is 6.34. The highest BCUT2D eigenvalue weighted by Gasteiger charge is 2.16. The standard InChI is InChI=1S/C17H24O3S/c1-5-10-20-17(19)13(4)21-15-8-6-14(7-9-15)16(18)11-12(2)3/h6-9,12-13H,5,10-11H2,1-4H3. The molecule has 0 aliphatic rings. The third-order valence-corrected chi connectivity index (χ3v) is 3.95. The van der Waals surface area contributed by atoms with Gasteiger partial charge >= 0.3 is 5.97 Å². The van der Waals surface area contributed by atoms with Crippen LogP contribution in [0.1, 0.15) is 50.9 Å². The molecule has 0 radical (unpaired) electrons. The van der Waals surface area contributed by atoms with E-state index in [9.17, 15) is 9.59 Å². The predicted molar refractivity (Wildman–Crippen MR) is 86.8 cm³/mol. The van der Waals surface area contributed by atoms with Gasteiger partial charge in [0.1, 0.15) is 5.25 Å². The minimum atomic E-state index is -0.242. The maximum Gasteiger partial charge on any atom is 0.319 e. The van der Waals surface area contributed by atoms with Gasteiger partial charge in [-0.3, -0.25) is 9.59 Å². The predicted octanol–water partition coefficient (Wildman–Crippen LogP) is 4.35. The molecular formula is C17H24O3S. The van der Waals surface area contributed by atoms with Gasteiger partial charge in [-0.25, -0.2) is 0 Å². The van der Waals surface area contributed by atoms with E-state index in [4.69, 9.17) is 4.74 Å². The first-order chi connectivity index (χ1) is 9.93. The zero-order valence-corrected chi connectivity index (χ0v) is 14.0. The number of rotatable bonds is 8. The number of hydrogen-bond acceptors (Lipinski definition) is 4. The van der Waals surface area contributed by atoms with Crippen LogP contribution in [0.15, 0.2) is 29.2 Å². The average Bonchev–Trinajstić information content (AvgIpc) is 2.44. The second kappa shape index (κ2) is 8.88. The summed E-state index contributed by atoms with van der Waals surface area (Å²) >= 11 is 1.45. The molecule has 0 saturated heterocycles. The summed E-state index contributed by atoms with van der Waals surface area (Å²) in [7, 11) is 0. The van der Waals surface area contributed by atoms with Crippen LogP contribution in [-0.2, 0) is 9.53 Å². The Morgan fingerprint density at radius 1 is 1.14 bits per heavy atom. The SMILES string of the molecule is CCCOC(=O)C(C)Sc1ccc(C(=O)CC(C)C)cc1. The molecule has 116 valence electrons. The lowest BCUT2D eigenvalue weighted by Gasteiger charge is -2.11. The molecule has 1 aromatic rings. The maximum absolute atomic E-state index is 11.9. The van der Waals surface area contributed by atoms with Crippen molar-refractivity contribution in [1.82, 2.24) is 0 Å². The minimum Gasteiger partial charge on any atom is -0.465 e. The van der Waals surface area contributed by atoms with Crippen molar-refractivity contribution in [2.75, 3.05) is 6.61 Å². The smallest absolute Gasteiger partial charge is 0.319 e. The lowest BCUT2D eigenvalue weighted by atomic mass is 10.0. The molecule has 1 unspecified atom stereocenters. The molecule has 0 aromatic heterocycles. The molecule has 4 heteroatoms. The average molecular weight is 308 g/mol. The van der Waals surface area contributed by atoms with Gasteiger partial charge in [0.2, 0.25) is 0 Å². The van der Waals surface area contributed by atoms with Crippen molar-refractivity contribution in [3.63, 3.8) is 0 Å². The molecule has 1 rings (SSSR count). The molecule has 0 bridgehead atoms. The Morgan fingerprint density at radius 2 is 1.76 bits per heavy atom. The molecule has 0 N–H and O–H groups in total. The Morgan fingerprint density at radius 3 is 2.29 bits per heavy atom. The summed E-state index contributed by atoms with van der Waals surface area (Å²) in [4.78, 5) is 24.6. The van der Waals surface area contributed by atoms with Crippen LogP contribution in [0.5, 0.6) is 0 Å². The van der Waals surface area contributed by atoms with E-state index in [2.05, 4.69) is 0 Å². The second-order valence-electron chi connectivity index (χ2n) is 5.47. The molecule has 1 aromatic carbocycles. The van der Waals surface area contributed by atoms with Gasteiger partial charge in [-0.15, -0.1) is 11.8 Å². The third-order valence-electron chi connectivity index (χ3n) is 2.86. The second-order valence-corrected chi connectivity index (χ2v) is 6.89. The van der Waals surface area contributed by atoms with Gasteiger partial charge in [0.25, 0.3) is 0 Å². The summed E-state index contributed by atoms with van der Waals surface area (Å²) in [5, 5.41) is -0.242. The summed E-state index contributed by atoms with van der Waals surface area (Å²) in [5.74, 6) is 0.332. The molecule has 1 atom stereocenters. The van der Waals surface area contributed by atoms with Crippen LogP contribution in [0.3, 0.4) is 0 Å². The Kier molecular flexibility index (Phi) is 7.51.